The summed E-state index contributed by atoms with van der Waals surface area (Å²) in [6.45, 7) is 0. The van der Waals surface area contributed by atoms with Crippen LogP contribution in [0.4, 0.5) is 10.3 Å². The number of Topliss-reactive ketones (excluding diaryl/α,β-unsaturated/α-hetero) is 1. The Kier molecular flexibility index (Phi) is 3.45. The van der Waals surface area contributed by atoms with Gasteiger partial charge in [-0.1, -0.05) is 30.0 Å². The molecule has 118 valence electrons. The molecule has 2 heterocycles. The number of nitrogens with zero attached hydrogens (tertiary/aromatic N) is 3. The Hall–Kier alpha value is -2.15. The Bertz CT molecular complexity index is 829. The summed E-state index contributed by atoms with van der Waals surface area (Å²) in [5.41, 5.74) is 1.92. The van der Waals surface area contributed by atoms with Crippen molar-refractivity contribution in [2.45, 2.75) is 30.5 Å². The van der Waals surface area contributed by atoms with Crippen molar-refractivity contribution in [1.82, 2.24) is 14.8 Å². The molecule has 1 N–H and O–H groups in total. The molecule has 0 saturated carbocycles. The first-order chi connectivity index (χ1) is 11.2. The van der Waals surface area contributed by atoms with Gasteiger partial charge in [0.15, 0.2) is 5.78 Å². The maximum atomic E-state index is 14.4. The largest absolute Gasteiger partial charge is 0.328 e. The summed E-state index contributed by atoms with van der Waals surface area (Å²) in [5.74, 6) is 0.284. The second-order valence-corrected chi connectivity index (χ2v) is 6.36. The van der Waals surface area contributed by atoms with E-state index in [9.17, 15) is 9.18 Å². The minimum absolute atomic E-state index is 0.0545. The number of hydrogen-bond acceptors (Lipinski definition) is 5. The van der Waals surface area contributed by atoms with E-state index in [0.717, 1.165) is 18.5 Å². The summed E-state index contributed by atoms with van der Waals surface area (Å²) in [5, 5.41) is 8.26. The molecule has 1 aromatic carbocycles. The minimum Gasteiger partial charge on any atom is -0.328 e. The molecule has 5 nitrogen and oxygen atoms in total. The second kappa shape index (κ2) is 5.49. The molecule has 2 aromatic rings. The van der Waals surface area contributed by atoms with Crippen molar-refractivity contribution in [2.24, 2.45) is 0 Å². The zero-order valence-electron chi connectivity index (χ0n) is 12.5. The monoisotopic (exact) mass is 330 g/mol. The Labute approximate surface area is 137 Å². The number of rotatable bonds is 2. The standard InChI is InChI=1S/C16H15FN4OS/c1-23-16-19-15-18-11-7-4-8-12(22)13(11)14(21(15)20-16)9-5-2-3-6-10(9)17/h2-3,5-6,14H,4,7-8H2,1H3,(H,18,19,20). The van der Waals surface area contributed by atoms with Crippen LogP contribution in [-0.2, 0) is 4.79 Å². The molecule has 0 fully saturated rings. The molecule has 1 atom stereocenters. The Morgan fingerprint density at radius 3 is 2.96 bits per heavy atom. The fraction of sp³-hybridized carbons (Fsp3) is 0.312. The molecule has 0 spiro atoms. The third kappa shape index (κ3) is 2.26. The van der Waals surface area contributed by atoms with E-state index in [1.165, 1.54) is 17.8 Å². The van der Waals surface area contributed by atoms with Crippen LogP contribution in [0, 0.1) is 5.82 Å². The normalized spacial score (nSPS) is 20.1. The van der Waals surface area contributed by atoms with Crippen LogP contribution < -0.4 is 5.32 Å². The van der Waals surface area contributed by atoms with Gasteiger partial charge in [-0.05, 0) is 25.2 Å². The fourth-order valence-electron chi connectivity index (χ4n) is 3.21. The molecule has 2 aliphatic rings. The lowest BCUT2D eigenvalue weighted by molar-refractivity contribution is -0.116. The Morgan fingerprint density at radius 1 is 1.35 bits per heavy atom. The number of benzene rings is 1. The van der Waals surface area contributed by atoms with E-state index in [4.69, 9.17) is 0 Å². The zero-order valence-corrected chi connectivity index (χ0v) is 13.4. The minimum atomic E-state index is -0.552. The van der Waals surface area contributed by atoms with Crippen LogP contribution in [0.5, 0.6) is 0 Å². The van der Waals surface area contributed by atoms with Crippen molar-refractivity contribution in [3.63, 3.8) is 0 Å². The number of carbonyl (C=O) groups excluding carboxylic acids is 1. The maximum Gasteiger partial charge on any atom is 0.227 e. The Morgan fingerprint density at radius 2 is 2.17 bits per heavy atom. The smallest absolute Gasteiger partial charge is 0.227 e. The van der Waals surface area contributed by atoms with E-state index in [1.54, 1.807) is 22.9 Å². The molecule has 7 heteroatoms. The van der Waals surface area contributed by atoms with E-state index >= 15 is 0 Å². The summed E-state index contributed by atoms with van der Waals surface area (Å²) in [7, 11) is 0. The van der Waals surface area contributed by atoms with Crippen molar-refractivity contribution in [2.75, 3.05) is 11.6 Å². The average molecular weight is 330 g/mol. The fourth-order valence-corrected chi connectivity index (χ4v) is 3.55. The molecule has 1 aromatic heterocycles. The van der Waals surface area contributed by atoms with Crippen LogP contribution >= 0.6 is 11.8 Å². The Balaban J connectivity index is 1.95. The van der Waals surface area contributed by atoms with Gasteiger partial charge in [0.25, 0.3) is 0 Å². The van der Waals surface area contributed by atoms with Crippen molar-refractivity contribution in [3.8, 4) is 0 Å². The number of fused-ring (bicyclic) bond motifs is 1. The molecule has 0 amide bonds. The van der Waals surface area contributed by atoms with Crippen molar-refractivity contribution in [1.29, 1.82) is 0 Å². The number of allylic oxidation sites excluding steroid dienone is 2. The summed E-state index contributed by atoms with van der Waals surface area (Å²) < 4.78 is 16.1. The lowest BCUT2D eigenvalue weighted by Gasteiger charge is -2.32. The van der Waals surface area contributed by atoms with Gasteiger partial charge in [0.05, 0.1) is 0 Å². The SMILES string of the molecule is CSc1nc2n(n1)C(c1ccccc1F)C1=C(CCCC1=O)N2. The molecule has 0 radical (unpaired) electrons. The number of nitrogens with one attached hydrogen (secondary N) is 1. The maximum absolute atomic E-state index is 14.4. The van der Waals surface area contributed by atoms with E-state index in [1.807, 2.05) is 6.26 Å². The van der Waals surface area contributed by atoms with Gasteiger partial charge in [-0.25, -0.2) is 9.07 Å². The quantitative estimate of drug-likeness (QED) is 0.857. The summed E-state index contributed by atoms with van der Waals surface area (Å²) >= 11 is 1.42. The first-order valence-electron chi connectivity index (χ1n) is 7.47. The number of anilines is 1. The van der Waals surface area contributed by atoms with Crippen molar-refractivity contribution in [3.05, 3.63) is 46.9 Å². The van der Waals surface area contributed by atoms with Gasteiger partial charge in [0.1, 0.15) is 11.9 Å². The summed E-state index contributed by atoms with van der Waals surface area (Å²) in [6.07, 6.45) is 3.95. The van der Waals surface area contributed by atoms with E-state index < -0.39 is 6.04 Å². The molecule has 0 bridgehead atoms. The number of ketones is 1. The van der Waals surface area contributed by atoms with E-state index in [2.05, 4.69) is 15.4 Å². The molecule has 4 rings (SSSR count). The molecular weight excluding hydrogens is 315 g/mol. The average Bonchev–Trinajstić information content (AvgIpc) is 2.97. The highest BCUT2D eigenvalue weighted by molar-refractivity contribution is 7.98. The predicted octanol–water partition coefficient (Wildman–Crippen LogP) is 3.16. The molecule has 1 unspecified atom stereocenters. The van der Waals surface area contributed by atoms with Crippen LogP contribution in [0.15, 0.2) is 40.7 Å². The molecule has 0 saturated heterocycles. The highest BCUT2D eigenvalue weighted by Crippen LogP contribution is 2.40. The number of carbonyl (C=O) groups is 1. The van der Waals surface area contributed by atoms with Gasteiger partial charge in [-0.3, -0.25) is 4.79 Å². The molecular formula is C16H15FN4OS. The van der Waals surface area contributed by atoms with Gasteiger partial charge >= 0.3 is 0 Å². The van der Waals surface area contributed by atoms with Crippen molar-refractivity contribution >= 4 is 23.5 Å². The summed E-state index contributed by atoms with van der Waals surface area (Å²) in [4.78, 5) is 16.9. The number of thioether (sulfide) groups is 1. The predicted molar refractivity (Wildman–Crippen MR) is 85.8 cm³/mol. The van der Waals surface area contributed by atoms with E-state index in [-0.39, 0.29) is 11.6 Å². The van der Waals surface area contributed by atoms with Crippen molar-refractivity contribution < 1.29 is 9.18 Å². The van der Waals surface area contributed by atoms with Gasteiger partial charge in [0, 0.05) is 23.3 Å². The van der Waals surface area contributed by atoms with Crippen LogP contribution in [0.3, 0.4) is 0 Å². The number of halogens is 1. The lowest BCUT2D eigenvalue weighted by atomic mass is 9.85. The van der Waals surface area contributed by atoms with Crippen LogP contribution in [-0.4, -0.2) is 26.8 Å². The molecule has 1 aliphatic heterocycles. The van der Waals surface area contributed by atoms with Crippen LogP contribution in [0.2, 0.25) is 0 Å². The second-order valence-electron chi connectivity index (χ2n) is 5.58. The summed E-state index contributed by atoms with van der Waals surface area (Å²) in [6, 6.07) is 6.00. The van der Waals surface area contributed by atoms with Gasteiger partial charge in [-0.2, -0.15) is 4.98 Å². The molecule has 1 aliphatic carbocycles. The number of aromatic nitrogens is 3. The van der Waals surface area contributed by atoms with Crippen LogP contribution in [0.25, 0.3) is 0 Å². The topological polar surface area (TPSA) is 59.8 Å². The highest BCUT2D eigenvalue weighted by Gasteiger charge is 2.37. The zero-order chi connectivity index (χ0) is 16.0. The lowest BCUT2D eigenvalue weighted by Crippen LogP contribution is -2.32. The van der Waals surface area contributed by atoms with Gasteiger partial charge in [0.2, 0.25) is 11.1 Å². The van der Waals surface area contributed by atoms with Gasteiger partial charge < -0.3 is 5.32 Å². The molecule has 23 heavy (non-hydrogen) atoms. The number of hydrogen-bond donors (Lipinski definition) is 1. The van der Waals surface area contributed by atoms with E-state index in [0.29, 0.717) is 28.7 Å². The first kappa shape index (κ1) is 14.4. The third-order valence-corrected chi connectivity index (χ3v) is 4.77. The third-order valence-electron chi connectivity index (χ3n) is 4.23. The van der Waals surface area contributed by atoms with Crippen LogP contribution in [0.1, 0.15) is 30.9 Å². The van der Waals surface area contributed by atoms with Gasteiger partial charge in [-0.15, -0.1) is 5.10 Å². The first-order valence-corrected chi connectivity index (χ1v) is 8.69. The highest BCUT2D eigenvalue weighted by atomic mass is 32.2.